The Morgan fingerprint density at radius 3 is 2.12 bits per heavy atom. The number of amides is 1. The Kier molecular flexibility index (Phi) is 5.64. The lowest BCUT2D eigenvalue weighted by molar-refractivity contribution is 0.0226. The van der Waals surface area contributed by atoms with Crippen molar-refractivity contribution in [3.8, 4) is 0 Å². The maximum absolute atomic E-state index is 13.3. The highest BCUT2D eigenvalue weighted by Gasteiger charge is 2.50. The molecule has 170 valence electrons. The van der Waals surface area contributed by atoms with Gasteiger partial charge in [-0.15, -0.1) is 0 Å². The average Bonchev–Trinajstić information content (AvgIpc) is 3.15. The third-order valence-electron chi connectivity index (χ3n) is 6.55. The maximum atomic E-state index is 13.3. The number of pyridine rings is 1. The number of benzene rings is 2. The minimum Gasteiger partial charge on any atom is -0.397 e. The molecule has 0 spiro atoms. The highest BCUT2D eigenvalue weighted by molar-refractivity contribution is 7.91. The molecule has 2 atom stereocenters. The summed E-state index contributed by atoms with van der Waals surface area (Å²) < 4.78 is 25.6. The predicted molar refractivity (Wildman–Crippen MR) is 127 cm³/mol. The number of carbonyl (C=O) groups is 1. The Morgan fingerprint density at radius 2 is 1.52 bits per heavy atom. The van der Waals surface area contributed by atoms with Gasteiger partial charge in [-0.2, -0.15) is 0 Å². The van der Waals surface area contributed by atoms with Gasteiger partial charge in [0.15, 0.2) is 9.84 Å². The molecule has 0 saturated carbocycles. The van der Waals surface area contributed by atoms with E-state index in [4.69, 9.17) is 5.73 Å². The van der Waals surface area contributed by atoms with Crippen LogP contribution in [0.1, 0.15) is 27.5 Å². The second kappa shape index (κ2) is 8.61. The van der Waals surface area contributed by atoms with Crippen LogP contribution >= 0.6 is 0 Å². The summed E-state index contributed by atoms with van der Waals surface area (Å²) in [5.74, 6) is -0.226. The van der Waals surface area contributed by atoms with Crippen molar-refractivity contribution in [3.63, 3.8) is 0 Å². The lowest BCUT2D eigenvalue weighted by Gasteiger charge is -2.47. The van der Waals surface area contributed by atoms with Crippen molar-refractivity contribution >= 4 is 21.4 Å². The number of sulfone groups is 1. The van der Waals surface area contributed by atoms with Gasteiger partial charge < -0.3 is 10.6 Å². The van der Waals surface area contributed by atoms with Crippen molar-refractivity contribution in [3.05, 3.63) is 95.8 Å². The third kappa shape index (κ3) is 4.24. The number of nitrogen functional groups attached to an aromatic ring is 1. The van der Waals surface area contributed by atoms with Gasteiger partial charge in [0.25, 0.3) is 5.91 Å². The molecule has 2 saturated heterocycles. The first kappa shape index (κ1) is 21.6. The molecule has 0 bridgehead atoms. The van der Waals surface area contributed by atoms with Crippen LogP contribution in [0.2, 0.25) is 0 Å². The fourth-order valence-corrected chi connectivity index (χ4v) is 7.13. The van der Waals surface area contributed by atoms with E-state index < -0.39 is 15.9 Å². The second-order valence-corrected chi connectivity index (χ2v) is 10.8. The van der Waals surface area contributed by atoms with E-state index in [0.29, 0.717) is 24.3 Å². The van der Waals surface area contributed by atoms with Crippen molar-refractivity contribution in [1.29, 1.82) is 0 Å². The molecule has 1 amide bonds. The topological polar surface area (TPSA) is 96.6 Å². The van der Waals surface area contributed by atoms with Gasteiger partial charge in [0.1, 0.15) is 0 Å². The number of hydrogen-bond acceptors (Lipinski definition) is 6. The molecule has 0 unspecified atom stereocenters. The molecule has 2 fully saturated rings. The van der Waals surface area contributed by atoms with Gasteiger partial charge in [-0.25, -0.2) is 8.42 Å². The first-order valence-electron chi connectivity index (χ1n) is 11.0. The third-order valence-corrected chi connectivity index (χ3v) is 8.25. The van der Waals surface area contributed by atoms with Gasteiger partial charge in [-0.3, -0.25) is 14.7 Å². The summed E-state index contributed by atoms with van der Waals surface area (Å²) in [5, 5.41) is 0. The van der Waals surface area contributed by atoms with Crippen LogP contribution in [0, 0.1) is 0 Å². The van der Waals surface area contributed by atoms with E-state index in [9.17, 15) is 13.2 Å². The molecule has 2 aliphatic heterocycles. The van der Waals surface area contributed by atoms with E-state index in [0.717, 1.165) is 11.1 Å². The zero-order valence-corrected chi connectivity index (χ0v) is 18.9. The zero-order chi connectivity index (χ0) is 23.0. The summed E-state index contributed by atoms with van der Waals surface area (Å²) >= 11 is 0. The summed E-state index contributed by atoms with van der Waals surface area (Å²) in [6.07, 6.45) is 2.97. The Bertz CT molecular complexity index is 1210. The van der Waals surface area contributed by atoms with Crippen molar-refractivity contribution in [2.24, 2.45) is 0 Å². The molecule has 0 radical (unpaired) electrons. The number of carbonyl (C=O) groups excluding carboxylic acids is 1. The maximum Gasteiger partial charge on any atom is 0.255 e. The highest BCUT2D eigenvalue weighted by atomic mass is 32.2. The fraction of sp³-hybridized carbons (Fsp3) is 0.280. The molecule has 8 heteroatoms. The lowest BCUT2D eigenvalue weighted by Crippen LogP contribution is -2.61. The van der Waals surface area contributed by atoms with E-state index in [1.54, 1.807) is 11.0 Å². The van der Waals surface area contributed by atoms with E-state index >= 15 is 0 Å². The van der Waals surface area contributed by atoms with Crippen LogP contribution in [0.15, 0.2) is 79.1 Å². The largest absolute Gasteiger partial charge is 0.397 e. The summed E-state index contributed by atoms with van der Waals surface area (Å²) in [7, 11) is -3.29. The SMILES string of the molecule is Nc1cncc(C(=O)N2CCN(C(c3ccccc3)c3ccccc3)[C@@H]3CS(=O)(=O)C[C@@H]32)c1. The summed E-state index contributed by atoms with van der Waals surface area (Å²) in [5.41, 5.74) is 8.82. The van der Waals surface area contributed by atoms with Crippen LogP contribution in [0.25, 0.3) is 0 Å². The van der Waals surface area contributed by atoms with Crippen molar-refractivity contribution in [1.82, 2.24) is 14.8 Å². The number of fused-ring (bicyclic) bond motifs is 1. The Hall–Kier alpha value is -3.23. The van der Waals surface area contributed by atoms with Gasteiger partial charge >= 0.3 is 0 Å². The van der Waals surface area contributed by atoms with Crippen molar-refractivity contribution < 1.29 is 13.2 Å². The molecule has 33 heavy (non-hydrogen) atoms. The highest BCUT2D eigenvalue weighted by Crippen LogP contribution is 2.37. The zero-order valence-electron chi connectivity index (χ0n) is 18.1. The monoisotopic (exact) mass is 462 g/mol. The van der Waals surface area contributed by atoms with Crippen LogP contribution in [-0.4, -0.2) is 65.8 Å². The summed E-state index contributed by atoms with van der Waals surface area (Å²) in [4.78, 5) is 21.3. The predicted octanol–water partition coefficient (Wildman–Crippen LogP) is 2.38. The number of nitrogens with zero attached hydrogens (tertiary/aromatic N) is 3. The van der Waals surface area contributed by atoms with Crippen LogP contribution in [0.4, 0.5) is 5.69 Å². The standard InChI is InChI=1S/C25H26N4O3S/c26-21-13-20(14-27-15-21)25(30)29-12-11-28(22-16-33(31,32)17-23(22)29)24(18-7-3-1-4-8-18)19-9-5-2-6-10-19/h1-10,13-15,22-24H,11-12,16-17,26H2/t22-,23+/m1/s1. The first-order chi connectivity index (χ1) is 15.9. The van der Waals surface area contributed by atoms with E-state index in [1.807, 2.05) is 36.4 Å². The number of aromatic nitrogens is 1. The van der Waals surface area contributed by atoms with Crippen LogP contribution < -0.4 is 5.73 Å². The number of hydrogen-bond donors (Lipinski definition) is 1. The van der Waals surface area contributed by atoms with Gasteiger partial charge in [0.05, 0.1) is 34.8 Å². The quantitative estimate of drug-likeness (QED) is 0.640. The molecule has 3 aromatic rings. The Labute approximate surface area is 193 Å². The first-order valence-corrected chi connectivity index (χ1v) is 12.8. The number of nitrogens with two attached hydrogens (primary N) is 1. The van der Waals surface area contributed by atoms with E-state index in [2.05, 4.69) is 34.1 Å². The normalized spacial score (nSPS) is 22.3. The minimum atomic E-state index is -3.29. The Balaban J connectivity index is 1.53. The van der Waals surface area contributed by atoms with Gasteiger partial charge in [-0.05, 0) is 17.2 Å². The number of anilines is 1. The molecule has 7 nitrogen and oxygen atoms in total. The number of piperazine rings is 1. The van der Waals surface area contributed by atoms with E-state index in [1.165, 1.54) is 12.4 Å². The van der Waals surface area contributed by atoms with Crippen molar-refractivity contribution in [2.75, 3.05) is 30.3 Å². The number of rotatable bonds is 4. The minimum absolute atomic E-state index is 0.0345. The second-order valence-electron chi connectivity index (χ2n) is 8.68. The van der Waals surface area contributed by atoms with Gasteiger partial charge in [0.2, 0.25) is 0 Å². The molecule has 2 N–H and O–H groups in total. The Morgan fingerprint density at radius 1 is 0.909 bits per heavy atom. The molecule has 0 aliphatic carbocycles. The van der Waals surface area contributed by atoms with Gasteiger partial charge in [-0.1, -0.05) is 60.7 Å². The molecular weight excluding hydrogens is 436 g/mol. The van der Waals surface area contributed by atoms with Crippen molar-refractivity contribution in [2.45, 2.75) is 18.1 Å². The molecule has 3 heterocycles. The molecular formula is C25H26N4O3S. The van der Waals surface area contributed by atoms with Crippen LogP contribution in [0.3, 0.4) is 0 Å². The van der Waals surface area contributed by atoms with Gasteiger partial charge in [0, 0.05) is 31.5 Å². The molecule has 5 rings (SSSR count). The lowest BCUT2D eigenvalue weighted by atomic mass is 9.92. The molecule has 2 aromatic carbocycles. The smallest absolute Gasteiger partial charge is 0.255 e. The summed E-state index contributed by atoms with van der Waals surface area (Å²) in [6.45, 7) is 0.993. The summed E-state index contributed by atoms with van der Waals surface area (Å²) in [6, 6.07) is 21.0. The average molecular weight is 463 g/mol. The van der Waals surface area contributed by atoms with E-state index in [-0.39, 0.29) is 29.5 Å². The molecule has 2 aliphatic rings. The fourth-order valence-electron chi connectivity index (χ4n) is 5.14. The van der Waals surface area contributed by atoms with Crippen LogP contribution in [-0.2, 0) is 9.84 Å². The van der Waals surface area contributed by atoms with Crippen LogP contribution in [0.5, 0.6) is 0 Å². The molecule has 1 aromatic heterocycles.